The number of fused-ring (bicyclic) bond motifs is 1. The van der Waals surface area contributed by atoms with E-state index in [1.165, 1.54) is 11.3 Å². The Hall–Kier alpha value is -2.35. The van der Waals surface area contributed by atoms with E-state index < -0.39 is 5.97 Å². The first-order valence-electron chi connectivity index (χ1n) is 6.54. The minimum atomic E-state index is -0.473. The fraction of sp³-hybridized carbons (Fsp3) is 0.0588. The van der Waals surface area contributed by atoms with Gasteiger partial charge in [-0.1, -0.05) is 41.9 Å². The maximum absolute atomic E-state index is 12.3. The number of thiophene rings is 1. The molecule has 0 aliphatic heterocycles. The normalized spacial score (nSPS) is 10.4. The SMILES string of the molecule is N#CCc1ccc(OC(=O)c2sc3ccccc3c2Cl)cc1. The summed E-state index contributed by atoms with van der Waals surface area (Å²) in [6, 6.07) is 16.5. The highest BCUT2D eigenvalue weighted by Crippen LogP contribution is 2.35. The van der Waals surface area contributed by atoms with E-state index >= 15 is 0 Å². The number of benzene rings is 2. The molecule has 1 aromatic heterocycles. The molecule has 0 amide bonds. The van der Waals surface area contributed by atoms with Gasteiger partial charge in [-0.15, -0.1) is 11.3 Å². The first-order chi connectivity index (χ1) is 10.7. The summed E-state index contributed by atoms with van der Waals surface area (Å²) in [5.41, 5.74) is 0.877. The molecule has 5 heteroatoms. The van der Waals surface area contributed by atoms with Crippen molar-refractivity contribution in [1.82, 2.24) is 0 Å². The Kier molecular flexibility index (Phi) is 4.10. The molecule has 0 N–H and O–H groups in total. The summed E-state index contributed by atoms with van der Waals surface area (Å²) in [5, 5.41) is 9.91. The topological polar surface area (TPSA) is 50.1 Å². The largest absolute Gasteiger partial charge is 0.422 e. The second-order valence-electron chi connectivity index (χ2n) is 4.61. The van der Waals surface area contributed by atoms with Gasteiger partial charge in [0, 0.05) is 10.1 Å². The summed E-state index contributed by atoms with van der Waals surface area (Å²) in [5.74, 6) is -0.0422. The molecule has 0 atom stereocenters. The minimum Gasteiger partial charge on any atom is -0.422 e. The highest BCUT2D eigenvalue weighted by atomic mass is 35.5. The predicted octanol–water partition coefficient (Wildman–Crippen LogP) is 4.84. The standard InChI is InChI=1S/C17H10ClNO2S/c18-15-13-3-1-2-4-14(13)22-16(15)17(20)21-12-7-5-11(6-8-12)9-10-19/h1-8H,9H2. The van der Waals surface area contributed by atoms with Crippen molar-refractivity contribution in [3.63, 3.8) is 0 Å². The van der Waals surface area contributed by atoms with Crippen LogP contribution in [0.2, 0.25) is 5.02 Å². The lowest BCUT2D eigenvalue weighted by Gasteiger charge is -2.03. The van der Waals surface area contributed by atoms with Crippen molar-refractivity contribution in [2.75, 3.05) is 0 Å². The van der Waals surface area contributed by atoms with Crippen LogP contribution in [0.4, 0.5) is 0 Å². The van der Waals surface area contributed by atoms with Crippen LogP contribution < -0.4 is 4.74 Å². The number of carbonyl (C=O) groups excluding carboxylic acids is 1. The lowest BCUT2D eigenvalue weighted by molar-refractivity contribution is 0.0740. The molecule has 0 spiro atoms. The van der Waals surface area contributed by atoms with Gasteiger partial charge < -0.3 is 4.74 Å². The van der Waals surface area contributed by atoms with Crippen molar-refractivity contribution in [1.29, 1.82) is 5.26 Å². The monoisotopic (exact) mass is 327 g/mol. The fourth-order valence-corrected chi connectivity index (χ4v) is 3.45. The molecule has 0 aliphatic rings. The van der Waals surface area contributed by atoms with E-state index in [0.29, 0.717) is 22.1 Å². The lowest BCUT2D eigenvalue weighted by Crippen LogP contribution is -2.06. The molecular formula is C17H10ClNO2S. The van der Waals surface area contributed by atoms with E-state index in [4.69, 9.17) is 21.6 Å². The van der Waals surface area contributed by atoms with Gasteiger partial charge in [-0.2, -0.15) is 5.26 Å². The van der Waals surface area contributed by atoms with Crippen LogP contribution >= 0.6 is 22.9 Å². The number of ether oxygens (including phenoxy) is 1. The van der Waals surface area contributed by atoms with E-state index in [-0.39, 0.29) is 0 Å². The fourth-order valence-electron chi connectivity index (χ4n) is 2.07. The molecule has 1 heterocycles. The maximum Gasteiger partial charge on any atom is 0.355 e. The Morgan fingerprint density at radius 2 is 1.91 bits per heavy atom. The average Bonchev–Trinajstić information content (AvgIpc) is 2.87. The van der Waals surface area contributed by atoms with Crippen LogP contribution in [0.1, 0.15) is 15.2 Å². The summed E-state index contributed by atoms with van der Waals surface area (Å²) >= 11 is 7.57. The molecule has 2 aromatic carbocycles. The van der Waals surface area contributed by atoms with Crippen LogP contribution in [0.5, 0.6) is 5.75 Å². The molecule has 3 rings (SSSR count). The van der Waals surface area contributed by atoms with Crippen LogP contribution in [0.3, 0.4) is 0 Å². The maximum atomic E-state index is 12.3. The van der Waals surface area contributed by atoms with Gasteiger partial charge >= 0.3 is 5.97 Å². The van der Waals surface area contributed by atoms with Crippen LogP contribution in [0.25, 0.3) is 10.1 Å². The quantitative estimate of drug-likeness (QED) is 0.511. The molecule has 22 heavy (non-hydrogen) atoms. The third-order valence-corrected chi connectivity index (χ3v) is 4.79. The summed E-state index contributed by atoms with van der Waals surface area (Å²) < 4.78 is 6.30. The lowest BCUT2D eigenvalue weighted by atomic mass is 10.2. The molecule has 0 saturated carbocycles. The van der Waals surface area contributed by atoms with Crippen molar-refractivity contribution in [2.45, 2.75) is 6.42 Å². The molecule has 0 fully saturated rings. The van der Waals surface area contributed by atoms with Crippen molar-refractivity contribution in [3.05, 3.63) is 64.0 Å². The van der Waals surface area contributed by atoms with Gasteiger partial charge in [0.1, 0.15) is 10.6 Å². The first-order valence-corrected chi connectivity index (χ1v) is 7.73. The summed E-state index contributed by atoms with van der Waals surface area (Å²) in [4.78, 5) is 12.7. The zero-order valence-electron chi connectivity index (χ0n) is 11.4. The minimum absolute atomic E-state index is 0.330. The number of nitriles is 1. The summed E-state index contributed by atoms with van der Waals surface area (Å²) in [7, 11) is 0. The molecule has 0 bridgehead atoms. The van der Waals surface area contributed by atoms with Crippen LogP contribution in [0, 0.1) is 11.3 Å². The summed E-state index contributed by atoms with van der Waals surface area (Å²) in [6.07, 6.45) is 0.330. The Morgan fingerprint density at radius 1 is 1.18 bits per heavy atom. The molecule has 0 saturated heterocycles. The molecular weight excluding hydrogens is 318 g/mol. The second kappa shape index (κ2) is 6.18. The van der Waals surface area contributed by atoms with Gasteiger partial charge in [-0.05, 0) is 23.8 Å². The van der Waals surface area contributed by atoms with Crippen molar-refractivity contribution in [3.8, 4) is 11.8 Å². The van der Waals surface area contributed by atoms with E-state index in [0.717, 1.165) is 15.6 Å². The molecule has 3 nitrogen and oxygen atoms in total. The second-order valence-corrected chi connectivity index (χ2v) is 6.04. The van der Waals surface area contributed by atoms with E-state index in [1.807, 2.05) is 24.3 Å². The Bertz CT molecular complexity index is 878. The number of halogens is 1. The van der Waals surface area contributed by atoms with E-state index in [9.17, 15) is 4.79 Å². The predicted molar refractivity (Wildman–Crippen MR) is 87.6 cm³/mol. The first kappa shape index (κ1) is 14.6. The van der Waals surface area contributed by atoms with Crippen molar-refractivity contribution >= 4 is 39.0 Å². The summed E-state index contributed by atoms with van der Waals surface area (Å²) in [6.45, 7) is 0. The number of hydrogen-bond donors (Lipinski definition) is 0. The van der Waals surface area contributed by atoms with Crippen LogP contribution in [0.15, 0.2) is 48.5 Å². The smallest absolute Gasteiger partial charge is 0.355 e. The molecule has 108 valence electrons. The zero-order chi connectivity index (χ0) is 15.5. The van der Waals surface area contributed by atoms with Crippen LogP contribution in [-0.4, -0.2) is 5.97 Å². The van der Waals surface area contributed by atoms with Crippen molar-refractivity contribution in [2.24, 2.45) is 0 Å². The molecule has 0 unspecified atom stereocenters. The third kappa shape index (κ3) is 2.82. The average molecular weight is 328 g/mol. The highest BCUT2D eigenvalue weighted by Gasteiger charge is 2.18. The molecule has 3 aromatic rings. The number of rotatable bonds is 3. The van der Waals surface area contributed by atoms with Gasteiger partial charge in [0.05, 0.1) is 17.5 Å². The number of carbonyl (C=O) groups is 1. The Morgan fingerprint density at radius 3 is 2.59 bits per heavy atom. The van der Waals surface area contributed by atoms with Gasteiger partial charge in [-0.3, -0.25) is 0 Å². The van der Waals surface area contributed by atoms with Crippen molar-refractivity contribution < 1.29 is 9.53 Å². The molecule has 0 aliphatic carbocycles. The van der Waals surface area contributed by atoms with E-state index in [2.05, 4.69) is 6.07 Å². The Balaban J connectivity index is 1.84. The number of esters is 1. The number of nitrogens with zero attached hydrogens (tertiary/aromatic N) is 1. The van der Waals surface area contributed by atoms with Gasteiger partial charge in [0.25, 0.3) is 0 Å². The Labute approximate surface area is 136 Å². The third-order valence-electron chi connectivity index (χ3n) is 3.14. The zero-order valence-corrected chi connectivity index (χ0v) is 12.9. The van der Waals surface area contributed by atoms with Gasteiger partial charge in [0.2, 0.25) is 0 Å². The highest BCUT2D eigenvalue weighted by molar-refractivity contribution is 7.21. The van der Waals surface area contributed by atoms with Gasteiger partial charge in [0.15, 0.2) is 0 Å². The van der Waals surface area contributed by atoms with Crippen LogP contribution in [-0.2, 0) is 6.42 Å². The van der Waals surface area contributed by atoms with Gasteiger partial charge in [-0.25, -0.2) is 4.79 Å². The molecule has 0 radical (unpaired) electrons. The number of hydrogen-bond acceptors (Lipinski definition) is 4. The van der Waals surface area contributed by atoms with E-state index in [1.54, 1.807) is 24.3 Å².